The summed E-state index contributed by atoms with van der Waals surface area (Å²) >= 11 is 4.61. The highest BCUT2D eigenvalue weighted by Gasteiger charge is 1.69. The van der Waals surface area contributed by atoms with Crippen LogP contribution < -0.4 is 5.32 Å². The molecule has 0 atom stereocenters. The van der Waals surface area contributed by atoms with Gasteiger partial charge in [-0.1, -0.05) is 32.6 Å². The van der Waals surface area contributed by atoms with Crippen LogP contribution >= 0.6 is 12.2 Å². The quantitative estimate of drug-likeness (QED) is 0.547. The van der Waals surface area contributed by atoms with Crippen molar-refractivity contribution in [1.29, 1.82) is 0 Å². The van der Waals surface area contributed by atoms with Crippen LogP contribution in [0.15, 0.2) is 12.8 Å². The van der Waals surface area contributed by atoms with Crippen molar-refractivity contribution in [2.24, 2.45) is 0 Å². The van der Waals surface area contributed by atoms with Gasteiger partial charge in [-0.2, -0.15) is 0 Å². The molecule has 1 N–H and O–H groups in total. The zero-order valence-electron chi connectivity index (χ0n) is 5.69. The minimum absolute atomic E-state index is 0.755. The van der Waals surface area contributed by atoms with E-state index in [0.717, 1.165) is 4.99 Å². The van der Waals surface area contributed by atoms with Gasteiger partial charge < -0.3 is 5.32 Å². The van der Waals surface area contributed by atoms with Crippen LogP contribution in [0.5, 0.6) is 0 Å². The summed E-state index contributed by atoms with van der Waals surface area (Å²) in [6.45, 7) is 9.20. The van der Waals surface area contributed by atoms with E-state index < -0.39 is 0 Å². The third-order valence-corrected chi connectivity index (χ3v) is 0.423. The summed E-state index contributed by atoms with van der Waals surface area (Å²) in [6, 6.07) is 0. The van der Waals surface area contributed by atoms with E-state index in [1.807, 2.05) is 13.8 Å². The summed E-state index contributed by atoms with van der Waals surface area (Å²) in [7, 11) is 0. The highest BCUT2D eigenvalue weighted by Crippen LogP contribution is 1.62. The highest BCUT2D eigenvalue weighted by molar-refractivity contribution is 7.80. The summed E-state index contributed by atoms with van der Waals surface area (Å²) in [5.74, 6) is 0. The first-order valence-corrected chi connectivity index (χ1v) is 3.06. The van der Waals surface area contributed by atoms with Crippen molar-refractivity contribution in [3.05, 3.63) is 12.8 Å². The van der Waals surface area contributed by atoms with Gasteiger partial charge in [-0.15, -0.1) is 0 Å². The first kappa shape index (κ1) is 10.6. The molecular weight excluding hydrogens is 118 g/mol. The molecule has 2 heteroatoms. The van der Waals surface area contributed by atoms with Gasteiger partial charge in [0.15, 0.2) is 0 Å². The minimum Gasteiger partial charge on any atom is -0.357 e. The number of hydrogen-bond donors (Lipinski definition) is 1. The molecule has 0 aliphatic rings. The van der Waals surface area contributed by atoms with Crippen LogP contribution in [0.4, 0.5) is 0 Å². The molecular formula is C6H13NS. The van der Waals surface area contributed by atoms with Gasteiger partial charge in [0.1, 0.15) is 0 Å². The van der Waals surface area contributed by atoms with Gasteiger partial charge in [-0.05, 0) is 13.1 Å². The normalized spacial score (nSPS) is 5.88. The Hall–Kier alpha value is -0.370. The number of hydrogen-bond acceptors (Lipinski definition) is 1. The average Bonchev–Trinajstić information content (AvgIpc) is 1.72. The molecule has 8 heavy (non-hydrogen) atoms. The Morgan fingerprint density at radius 2 is 2.00 bits per heavy atom. The average molecular weight is 131 g/mol. The molecule has 1 nitrogen and oxygen atoms in total. The van der Waals surface area contributed by atoms with Crippen molar-refractivity contribution in [2.45, 2.75) is 20.8 Å². The fraction of sp³-hybridized carbons (Fsp3) is 0.500. The topological polar surface area (TPSA) is 12.0 Å². The van der Waals surface area contributed by atoms with Gasteiger partial charge in [0, 0.05) is 0 Å². The molecule has 0 rings (SSSR count). The van der Waals surface area contributed by atoms with E-state index in [9.17, 15) is 0 Å². The fourth-order valence-electron chi connectivity index (χ4n) is 0.144. The van der Waals surface area contributed by atoms with E-state index in [0.29, 0.717) is 0 Å². The monoisotopic (exact) mass is 131 g/mol. The molecule has 0 aliphatic carbocycles. The summed E-state index contributed by atoms with van der Waals surface area (Å²) < 4.78 is 0. The first-order valence-electron chi connectivity index (χ1n) is 2.65. The highest BCUT2D eigenvalue weighted by atomic mass is 32.1. The molecule has 0 radical (unpaired) electrons. The van der Waals surface area contributed by atoms with Gasteiger partial charge in [0.05, 0.1) is 4.99 Å². The van der Waals surface area contributed by atoms with Crippen molar-refractivity contribution >= 4 is 17.2 Å². The van der Waals surface area contributed by atoms with Crippen molar-refractivity contribution in [3.63, 3.8) is 0 Å². The van der Waals surface area contributed by atoms with Crippen molar-refractivity contribution < 1.29 is 0 Å². The van der Waals surface area contributed by atoms with Crippen LogP contribution in [0.1, 0.15) is 20.8 Å². The number of nitrogens with one attached hydrogen (secondary N) is 1. The van der Waals surface area contributed by atoms with Crippen molar-refractivity contribution in [3.8, 4) is 0 Å². The largest absolute Gasteiger partial charge is 0.357 e. The summed E-state index contributed by atoms with van der Waals surface area (Å²) in [4.78, 5) is 0.755. The van der Waals surface area contributed by atoms with Crippen LogP contribution in [0.2, 0.25) is 0 Å². The Labute approximate surface area is 56.8 Å². The van der Waals surface area contributed by atoms with E-state index in [1.54, 1.807) is 13.1 Å². The van der Waals surface area contributed by atoms with Crippen LogP contribution in [-0.2, 0) is 0 Å². The van der Waals surface area contributed by atoms with Crippen LogP contribution in [-0.4, -0.2) is 4.99 Å². The van der Waals surface area contributed by atoms with Gasteiger partial charge in [-0.3, -0.25) is 0 Å². The van der Waals surface area contributed by atoms with Gasteiger partial charge in [-0.25, -0.2) is 0 Å². The Morgan fingerprint density at radius 3 is 2.00 bits per heavy atom. The van der Waals surface area contributed by atoms with Crippen molar-refractivity contribution in [2.75, 3.05) is 0 Å². The lowest BCUT2D eigenvalue weighted by molar-refractivity contribution is 1.31. The van der Waals surface area contributed by atoms with Crippen LogP contribution in [0.25, 0.3) is 0 Å². The van der Waals surface area contributed by atoms with E-state index >= 15 is 0 Å². The predicted octanol–water partition coefficient (Wildman–Crippen LogP) is 2.09. The Morgan fingerprint density at radius 1 is 1.62 bits per heavy atom. The van der Waals surface area contributed by atoms with Gasteiger partial charge in [0.25, 0.3) is 0 Å². The smallest absolute Gasteiger partial charge is 0.0761 e. The minimum atomic E-state index is 0.755. The Bertz CT molecular complexity index is 68.9. The molecule has 0 spiro atoms. The molecule has 0 aromatic heterocycles. The molecule has 0 fully saturated rings. The van der Waals surface area contributed by atoms with Crippen LogP contribution in [0, 0.1) is 0 Å². The SMILES string of the molecule is C=CNC(C)=S.CC. The summed E-state index contributed by atoms with van der Waals surface area (Å²) in [5, 5.41) is 2.70. The summed E-state index contributed by atoms with van der Waals surface area (Å²) in [6.07, 6.45) is 1.56. The second kappa shape index (κ2) is 9.80. The van der Waals surface area contributed by atoms with E-state index in [2.05, 4.69) is 24.1 Å². The van der Waals surface area contributed by atoms with E-state index in [1.165, 1.54) is 0 Å². The van der Waals surface area contributed by atoms with Gasteiger partial charge in [0.2, 0.25) is 0 Å². The molecule has 48 valence electrons. The Balaban J connectivity index is 0. The van der Waals surface area contributed by atoms with Gasteiger partial charge >= 0.3 is 0 Å². The van der Waals surface area contributed by atoms with Crippen LogP contribution in [0.3, 0.4) is 0 Å². The molecule has 0 aromatic rings. The fourth-order valence-corrected chi connectivity index (χ4v) is 0.227. The maximum Gasteiger partial charge on any atom is 0.0761 e. The summed E-state index contributed by atoms with van der Waals surface area (Å²) in [5.41, 5.74) is 0. The van der Waals surface area contributed by atoms with E-state index in [4.69, 9.17) is 0 Å². The molecule has 0 unspecified atom stereocenters. The number of thiocarbonyl (C=S) groups is 1. The molecule has 0 heterocycles. The lowest BCUT2D eigenvalue weighted by Gasteiger charge is -1.87. The molecule has 0 aromatic carbocycles. The maximum atomic E-state index is 4.61. The zero-order chi connectivity index (χ0) is 6.99. The van der Waals surface area contributed by atoms with E-state index in [-0.39, 0.29) is 0 Å². The second-order valence-corrected chi connectivity index (χ2v) is 1.52. The standard InChI is InChI=1S/C4H7NS.C2H6/c1-3-5-4(2)6;1-2/h3H,1H2,2H3,(H,5,6);1-2H3. The lowest BCUT2D eigenvalue weighted by Crippen LogP contribution is -2.07. The third-order valence-electron chi connectivity index (χ3n) is 0.305. The molecule has 0 saturated heterocycles. The molecule has 0 bridgehead atoms. The molecule has 0 aliphatic heterocycles. The maximum absolute atomic E-state index is 4.61. The predicted molar refractivity (Wildman–Crippen MR) is 43.0 cm³/mol. The number of rotatable bonds is 1. The van der Waals surface area contributed by atoms with Crippen molar-refractivity contribution in [1.82, 2.24) is 5.32 Å². The third kappa shape index (κ3) is 17.4. The zero-order valence-corrected chi connectivity index (χ0v) is 6.51. The first-order chi connectivity index (χ1) is 3.77. The lowest BCUT2D eigenvalue weighted by atomic mass is 10.7. The molecule has 0 amide bonds. The Kier molecular flexibility index (Phi) is 13.0. The second-order valence-electron chi connectivity index (χ2n) is 0.905. The molecule has 0 saturated carbocycles.